The van der Waals surface area contributed by atoms with Crippen LogP contribution < -0.4 is 10.6 Å². The average Bonchev–Trinajstić information content (AvgIpc) is 3.36. The molecule has 0 aromatic heterocycles. The maximum atomic E-state index is 14.2. The van der Waals surface area contributed by atoms with Gasteiger partial charge in [-0.25, -0.2) is 9.18 Å². The van der Waals surface area contributed by atoms with Crippen molar-refractivity contribution in [1.82, 2.24) is 5.32 Å². The van der Waals surface area contributed by atoms with E-state index in [1.54, 1.807) is 24.3 Å². The Morgan fingerprint density at radius 2 is 1.79 bits per heavy atom. The number of halogens is 3. The highest BCUT2D eigenvalue weighted by atomic mass is 79.9. The Hall–Kier alpha value is -1.73. The van der Waals surface area contributed by atoms with Gasteiger partial charge in [-0.2, -0.15) is 0 Å². The fraction of sp³-hybridized carbons (Fsp3) is 0.176. The van der Waals surface area contributed by atoms with E-state index in [0.717, 1.165) is 18.4 Å². The molecule has 0 aliphatic heterocycles. The molecule has 0 bridgehead atoms. The van der Waals surface area contributed by atoms with Gasteiger partial charge in [-0.3, -0.25) is 10.1 Å². The minimum atomic E-state index is -0.792. The molecule has 2 N–H and O–H groups in total. The average molecular weight is 456 g/mol. The number of hydrogen-bond donors (Lipinski definition) is 2. The molecule has 4 nitrogen and oxygen atoms in total. The van der Waals surface area contributed by atoms with Crippen molar-refractivity contribution in [2.45, 2.75) is 18.8 Å². The standard InChI is InChI=1S/C17H13Br2FN2O2/c18-12-3-1-2-4-15(12)21-17(24)22-16(23)11-7-13(19)10(8-14(11)20)9-5-6-9/h1-4,7-9H,5-6H2,(H2,21,22,23,24). The van der Waals surface area contributed by atoms with Crippen LogP contribution in [0, 0.1) is 5.82 Å². The summed E-state index contributed by atoms with van der Waals surface area (Å²) >= 11 is 6.66. The lowest BCUT2D eigenvalue weighted by atomic mass is 10.1. The summed E-state index contributed by atoms with van der Waals surface area (Å²) in [5, 5.41) is 4.67. The summed E-state index contributed by atoms with van der Waals surface area (Å²) in [4.78, 5) is 24.1. The molecule has 2 aromatic carbocycles. The van der Waals surface area contributed by atoms with Gasteiger partial charge in [-0.15, -0.1) is 0 Å². The number of para-hydroxylation sites is 1. The monoisotopic (exact) mass is 454 g/mol. The Morgan fingerprint density at radius 3 is 2.46 bits per heavy atom. The fourth-order valence-corrected chi connectivity index (χ4v) is 3.38. The van der Waals surface area contributed by atoms with E-state index in [0.29, 0.717) is 20.6 Å². The molecule has 1 aliphatic carbocycles. The Balaban J connectivity index is 1.71. The third kappa shape index (κ3) is 3.84. The van der Waals surface area contributed by atoms with Crippen LogP contribution in [0.3, 0.4) is 0 Å². The molecule has 0 heterocycles. The molecule has 3 amide bonds. The van der Waals surface area contributed by atoms with Gasteiger partial charge >= 0.3 is 6.03 Å². The number of imide groups is 1. The number of hydrogen-bond acceptors (Lipinski definition) is 2. The third-order valence-corrected chi connectivity index (χ3v) is 5.08. The van der Waals surface area contributed by atoms with E-state index < -0.39 is 17.8 Å². The van der Waals surface area contributed by atoms with Gasteiger partial charge in [-0.05, 0) is 64.5 Å². The maximum absolute atomic E-state index is 14.2. The first-order chi connectivity index (χ1) is 11.5. The lowest BCUT2D eigenvalue weighted by Crippen LogP contribution is -2.35. The largest absolute Gasteiger partial charge is 0.326 e. The summed E-state index contributed by atoms with van der Waals surface area (Å²) in [5.74, 6) is -1.07. The number of rotatable bonds is 3. The molecular weight excluding hydrogens is 443 g/mol. The van der Waals surface area contributed by atoms with Crippen molar-refractivity contribution in [2.75, 3.05) is 5.32 Å². The van der Waals surface area contributed by atoms with Crippen LogP contribution in [0.2, 0.25) is 0 Å². The molecule has 0 saturated heterocycles. The molecule has 0 unspecified atom stereocenters. The highest BCUT2D eigenvalue weighted by Gasteiger charge is 2.28. The minimum Gasteiger partial charge on any atom is -0.307 e. The van der Waals surface area contributed by atoms with E-state index in [-0.39, 0.29) is 5.56 Å². The Bertz CT molecular complexity index is 822. The second kappa shape index (κ2) is 7.03. The molecule has 1 fully saturated rings. The highest BCUT2D eigenvalue weighted by molar-refractivity contribution is 9.10. The number of nitrogens with one attached hydrogen (secondary N) is 2. The zero-order chi connectivity index (χ0) is 17.3. The maximum Gasteiger partial charge on any atom is 0.326 e. The van der Waals surface area contributed by atoms with Gasteiger partial charge in [0.15, 0.2) is 0 Å². The number of urea groups is 1. The van der Waals surface area contributed by atoms with E-state index in [4.69, 9.17) is 0 Å². The molecule has 3 rings (SSSR count). The predicted octanol–water partition coefficient (Wildman–Crippen LogP) is 5.19. The van der Waals surface area contributed by atoms with E-state index in [1.165, 1.54) is 12.1 Å². The van der Waals surface area contributed by atoms with Crippen molar-refractivity contribution in [3.05, 3.63) is 62.3 Å². The third-order valence-electron chi connectivity index (χ3n) is 3.70. The quantitative estimate of drug-likeness (QED) is 0.669. The van der Waals surface area contributed by atoms with Crippen molar-refractivity contribution >= 4 is 49.5 Å². The van der Waals surface area contributed by atoms with Gasteiger partial charge in [0.25, 0.3) is 5.91 Å². The number of amides is 3. The number of anilines is 1. The van der Waals surface area contributed by atoms with Crippen LogP contribution in [0.15, 0.2) is 45.3 Å². The normalized spacial score (nSPS) is 13.5. The molecule has 2 aromatic rings. The van der Waals surface area contributed by atoms with Crippen molar-refractivity contribution in [2.24, 2.45) is 0 Å². The van der Waals surface area contributed by atoms with E-state index in [1.807, 2.05) is 0 Å². The zero-order valence-corrected chi connectivity index (χ0v) is 15.6. The smallest absolute Gasteiger partial charge is 0.307 e. The van der Waals surface area contributed by atoms with Crippen LogP contribution in [0.25, 0.3) is 0 Å². The summed E-state index contributed by atoms with van der Waals surface area (Å²) < 4.78 is 15.5. The van der Waals surface area contributed by atoms with Crippen molar-refractivity contribution in [3.63, 3.8) is 0 Å². The lowest BCUT2D eigenvalue weighted by molar-refractivity contribution is 0.0963. The first kappa shape index (κ1) is 17.1. The van der Waals surface area contributed by atoms with Crippen LogP contribution in [-0.4, -0.2) is 11.9 Å². The Morgan fingerprint density at radius 1 is 1.08 bits per heavy atom. The Kier molecular flexibility index (Phi) is 5.01. The minimum absolute atomic E-state index is 0.173. The molecular formula is C17H13Br2FN2O2. The number of carbonyl (C=O) groups is 2. The lowest BCUT2D eigenvalue weighted by Gasteiger charge is -2.10. The molecule has 1 aliphatic rings. The van der Waals surface area contributed by atoms with Crippen LogP contribution in [-0.2, 0) is 0 Å². The SMILES string of the molecule is O=C(NC(=O)c1cc(Br)c(C2CC2)cc1F)Nc1ccccc1Br. The van der Waals surface area contributed by atoms with Crippen molar-refractivity contribution < 1.29 is 14.0 Å². The first-order valence-corrected chi connectivity index (χ1v) is 8.90. The molecule has 0 atom stereocenters. The molecule has 7 heteroatoms. The van der Waals surface area contributed by atoms with Crippen molar-refractivity contribution in [3.8, 4) is 0 Å². The highest BCUT2D eigenvalue weighted by Crippen LogP contribution is 2.43. The number of benzene rings is 2. The summed E-state index contributed by atoms with van der Waals surface area (Å²) in [7, 11) is 0. The molecule has 124 valence electrons. The summed E-state index contributed by atoms with van der Waals surface area (Å²) in [6.07, 6.45) is 2.05. The van der Waals surface area contributed by atoms with Gasteiger partial charge in [0.1, 0.15) is 5.82 Å². The van der Waals surface area contributed by atoms with Gasteiger partial charge in [0, 0.05) is 8.95 Å². The molecule has 0 spiro atoms. The van der Waals surface area contributed by atoms with Crippen molar-refractivity contribution in [1.29, 1.82) is 0 Å². The number of carbonyl (C=O) groups excluding carboxylic acids is 2. The topological polar surface area (TPSA) is 58.2 Å². The van der Waals surface area contributed by atoms with E-state index in [2.05, 4.69) is 42.5 Å². The second-order valence-corrected chi connectivity index (χ2v) is 7.22. The van der Waals surface area contributed by atoms with E-state index >= 15 is 0 Å². The van der Waals surface area contributed by atoms with Gasteiger partial charge in [-0.1, -0.05) is 28.1 Å². The van der Waals surface area contributed by atoms with Gasteiger partial charge in [0.05, 0.1) is 11.3 Å². The molecule has 0 radical (unpaired) electrons. The first-order valence-electron chi connectivity index (χ1n) is 7.31. The molecule has 1 saturated carbocycles. The predicted molar refractivity (Wildman–Crippen MR) is 96.7 cm³/mol. The van der Waals surface area contributed by atoms with E-state index in [9.17, 15) is 14.0 Å². The van der Waals surface area contributed by atoms with Crippen LogP contribution >= 0.6 is 31.9 Å². The summed E-state index contributed by atoms with van der Waals surface area (Å²) in [6, 6.07) is 9.03. The Labute approximate surface area is 155 Å². The zero-order valence-electron chi connectivity index (χ0n) is 12.4. The van der Waals surface area contributed by atoms with Gasteiger partial charge in [0.2, 0.25) is 0 Å². The van der Waals surface area contributed by atoms with Gasteiger partial charge < -0.3 is 5.32 Å². The van der Waals surface area contributed by atoms with Crippen LogP contribution in [0.4, 0.5) is 14.9 Å². The van der Waals surface area contributed by atoms with Crippen LogP contribution in [0.5, 0.6) is 0 Å². The fourth-order valence-electron chi connectivity index (χ4n) is 2.33. The van der Waals surface area contributed by atoms with Crippen LogP contribution in [0.1, 0.15) is 34.7 Å². The summed E-state index contributed by atoms with van der Waals surface area (Å²) in [5.41, 5.74) is 1.20. The molecule has 24 heavy (non-hydrogen) atoms. The summed E-state index contributed by atoms with van der Waals surface area (Å²) in [6.45, 7) is 0. The second-order valence-electron chi connectivity index (χ2n) is 5.52.